The molecule has 30 heavy (non-hydrogen) atoms. The number of hydrogen-bond acceptors (Lipinski definition) is 2. The van der Waals surface area contributed by atoms with Crippen molar-refractivity contribution in [1.29, 1.82) is 0 Å². The van der Waals surface area contributed by atoms with Crippen molar-refractivity contribution in [2.24, 2.45) is 0 Å². The van der Waals surface area contributed by atoms with Gasteiger partial charge in [-0.05, 0) is 71.2 Å². The Morgan fingerprint density at radius 3 is 1.17 bits per heavy atom. The minimum Gasteiger partial charge on any atom is -0.478 e. The first-order chi connectivity index (χ1) is 14.3. The number of carbonyl (C=O) groups is 2. The third-order valence-corrected chi connectivity index (χ3v) is 5.56. The first-order valence-electron chi connectivity index (χ1n) is 10.1. The summed E-state index contributed by atoms with van der Waals surface area (Å²) < 4.78 is 0. The number of benzene rings is 3. The molecule has 2 unspecified atom stereocenters. The fraction of sp³-hybridized carbons (Fsp3) is 0.231. The van der Waals surface area contributed by atoms with Crippen LogP contribution in [0.4, 0.5) is 0 Å². The zero-order valence-electron chi connectivity index (χ0n) is 17.2. The van der Waals surface area contributed by atoms with Crippen molar-refractivity contribution < 1.29 is 19.8 Å². The normalized spacial score (nSPS) is 12.9. The van der Waals surface area contributed by atoms with Crippen LogP contribution in [0, 0.1) is 0 Å². The first-order valence-corrected chi connectivity index (χ1v) is 10.1. The lowest BCUT2D eigenvalue weighted by molar-refractivity contribution is 0.0686. The quantitative estimate of drug-likeness (QED) is 0.501. The minimum atomic E-state index is -0.905. The van der Waals surface area contributed by atoms with Crippen molar-refractivity contribution in [2.75, 3.05) is 0 Å². The summed E-state index contributed by atoms with van der Waals surface area (Å²) in [6.45, 7) is 4.35. The molecule has 3 aromatic carbocycles. The molecular weight excluding hydrogens is 376 g/mol. The highest BCUT2D eigenvalue weighted by Gasteiger charge is 2.11. The molecule has 0 aliphatic rings. The van der Waals surface area contributed by atoms with Gasteiger partial charge in [-0.2, -0.15) is 0 Å². The van der Waals surface area contributed by atoms with E-state index in [0.29, 0.717) is 23.0 Å². The highest BCUT2D eigenvalue weighted by molar-refractivity contribution is 5.88. The van der Waals surface area contributed by atoms with Crippen molar-refractivity contribution in [3.63, 3.8) is 0 Å². The summed E-state index contributed by atoms with van der Waals surface area (Å²) in [7, 11) is 0. The molecule has 0 aromatic heterocycles. The van der Waals surface area contributed by atoms with Crippen LogP contribution in [0.3, 0.4) is 0 Å². The number of carboxylic acid groups (broad SMARTS) is 2. The Bertz CT molecular complexity index is 918. The Labute approximate surface area is 176 Å². The number of rotatable bonds is 8. The molecule has 0 saturated heterocycles. The van der Waals surface area contributed by atoms with Crippen LogP contribution >= 0.6 is 0 Å². The monoisotopic (exact) mass is 402 g/mol. The van der Waals surface area contributed by atoms with Crippen LogP contribution < -0.4 is 0 Å². The fourth-order valence-corrected chi connectivity index (χ4v) is 3.66. The van der Waals surface area contributed by atoms with E-state index in [1.165, 1.54) is 11.1 Å². The largest absolute Gasteiger partial charge is 0.478 e. The predicted molar refractivity (Wildman–Crippen MR) is 117 cm³/mol. The molecule has 2 N–H and O–H groups in total. The maximum Gasteiger partial charge on any atom is 0.335 e. The van der Waals surface area contributed by atoms with Crippen LogP contribution in [0.2, 0.25) is 0 Å². The lowest BCUT2D eigenvalue weighted by atomic mass is 9.89. The van der Waals surface area contributed by atoms with Crippen molar-refractivity contribution in [3.8, 4) is 0 Å². The molecule has 0 aliphatic carbocycles. The van der Waals surface area contributed by atoms with Crippen LogP contribution in [0.25, 0.3) is 0 Å². The van der Waals surface area contributed by atoms with Gasteiger partial charge in [0.2, 0.25) is 0 Å². The van der Waals surface area contributed by atoms with E-state index in [-0.39, 0.29) is 0 Å². The molecule has 4 heteroatoms. The van der Waals surface area contributed by atoms with Gasteiger partial charge in [0.25, 0.3) is 0 Å². The molecule has 0 bridgehead atoms. The van der Waals surface area contributed by atoms with Gasteiger partial charge in [0.1, 0.15) is 0 Å². The van der Waals surface area contributed by atoms with E-state index in [9.17, 15) is 9.59 Å². The summed E-state index contributed by atoms with van der Waals surface area (Å²) in [6.07, 6.45) is 1.70. The molecule has 0 amide bonds. The van der Waals surface area contributed by atoms with Gasteiger partial charge < -0.3 is 10.2 Å². The molecule has 0 radical (unpaired) electrons. The predicted octanol–water partition coefficient (Wildman–Crippen LogP) is 5.78. The second kappa shape index (κ2) is 9.40. The Hall–Kier alpha value is -3.40. The molecular formula is C26H26O4. The van der Waals surface area contributed by atoms with Crippen LogP contribution in [0.1, 0.15) is 68.7 Å². The molecule has 0 spiro atoms. The Morgan fingerprint density at radius 2 is 0.900 bits per heavy atom. The van der Waals surface area contributed by atoms with Crippen LogP contribution in [0.15, 0.2) is 72.8 Å². The van der Waals surface area contributed by atoms with Crippen molar-refractivity contribution in [3.05, 3.63) is 106 Å². The molecule has 3 aromatic rings. The summed E-state index contributed by atoms with van der Waals surface area (Å²) in [4.78, 5) is 22.0. The summed E-state index contributed by atoms with van der Waals surface area (Å²) >= 11 is 0. The minimum absolute atomic E-state index is 0.308. The molecule has 0 fully saturated rings. The van der Waals surface area contributed by atoms with Crippen molar-refractivity contribution in [2.45, 2.75) is 38.5 Å². The average Bonchev–Trinajstić information content (AvgIpc) is 2.74. The molecule has 0 aliphatic heterocycles. The summed E-state index contributed by atoms with van der Waals surface area (Å²) in [5, 5.41) is 18.0. The average molecular weight is 402 g/mol. The summed E-state index contributed by atoms with van der Waals surface area (Å²) in [6, 6.07) is 22.8. The molecule has 0 heterocycles. The van der Waals surface area contributed by atoms with Crippen molar-refractivity contribution >= 4 is 11.9 Å². The van der Waals surface area contributed by atoms with E-state index in [2.05, 4.69) is 38.1 Å². The Kier molecular flexibility index (Phi) is 6.68. The van der Waals surface area contributed by atoms with Crippen LogP contribution in [0.5, 0.6) is 0 Å². The van der Waals surface area contributed by atoms with Gasteiger partial charge in [0.05, 0.1) is 11.1 Å². The standard InChI is InChI=1S/C26H26O4/c1-17(15-19-3-7-23(8-4-19)25(27)28)21-11-13-22(14-12-21)18(2)16-20-5-9-24(10-6-20)26(29)30/h3-14,17-18H,15-16H2,1-2H3,(H,27,28)(H,29,30). The second-order valence-corrected chi connectivity index (χ2v) is 7.88. The van der Waals surface area contributed by atoms with E-state index in [1.807, 2.05) is 24.3 Å². The van der Waals surface area contributed by atoms with Gasteiger partial charge in [-0.25, -0.2) is 9.59 Å². The number of carboxylic acids is 2. The van der Waals surface area contributed by atoms with Gasteiger partial charge in [-0.3, -0.25) is 0 Å². The van der Waals surface area contributed by atoms with Gasteiger partial charge in [0.15, 0.2) is 0 Å². The fourth-order valence-electron chi connectivity index (χ4n) is 3.66. The van der Waals surface area contributed by atoms with Gasteiger partial charge in [-0.15, -0.1) is 0 Å². The third kappa shape index (κ3) is 5.35. The van der Waals surface area contributed by atoms with E-state index in [4.69, 9.17) is 10.2 Å². The lowest BCUT2D eigenvalue weighted by Gasteiger charge is -2.16. The van der Waals surface area contributed by atoms with Gasteiger partial charge >= 0.3 is 11.9 Å². The first kappa shape index (κ1) is 21.3. The Balaban J connectivity index is 1.61. The smallest absolute Gasteiger partial charge is 0.335 e. The van der Waals surface area contributed by atoms with Crippen molar-refractivity contribution in [1.82, 2.24) is 0 Å². The zero-order valence-corrected chi connectivity index (χ0v) is 17.2. The summed E-state index contributed by atoms with van der Waals surface area (Å²) in [5.74, 6) is -1.16. The van der Waals surface area contributed by atoms with Crippen LogP contribution in [-0.4, -0.2) is 22.2 Å². The highest BCUT2D eigenvalue weighted by Crippen LogP contribution is 2.25. The van der Waals surface area contributed by atoms with Gasteiger partial charge in [0, 0.05) is 0 Å². The highest BCUT2D eigenvalue weighted by atomic mass is 16.4. The van der Waals surface area contributed by atoms with Gasteiger partial charge in [-0.1, -0.05) is 62.4 Å². The SMILES string of the molecule is CC(Cc1ccc(C(=O)O)cc1)c1ccc(C(C)Cc2ccc(C(=O)O)cc2)cc1. The van der Waals surface area contributed by atoms with E-state index in [0.717, 1.165) is 24.0 Å². The topological polar surface area (TPSA) is 74.6 Å². The molecule has 3 rings (SSSR count). The maximum absolute atomic E-state index is 11.0. The van der Waals surface area contributed by atoms with E-state index < -0.39 is 11.9 Å². The molecule has 4 nitrogen and oxygen atoms in total. The number of aromatic carboxylic acids is 2. The molecule has 0 saturated carbocycles. The third-order valence-electron chi connectivity index (χ3n) is 5.56. The lowest BCUT2D eigenvalue weighted by Crippen LogP contribution is -2.02. The van der Waals surface area contributed by atoms with E-state index in [1.54, 1.807) is 24.3 Å². The molecule has 154 valence electrons. The molecule has 2 atom stereocenters. The van der Waals surface area contributed by atoms with Crippen LogP contribution in [-0.2, 0) is 12.8 Å². The van der Waals surface area contributed by atoms with E-state index >= 15 is 0 Å². The summed E-state index contributed by atoms with van der Waals surface area (Å²) in [5.41, 5.74) is 5.35. The Morgan fingerprint density at radius 1 is 0.600 bits per heavy atom. The zero-order chi connectivity index (χ0) is 21.7. The maximum atomic E-state index is 11.0. The second-order valence-electron chi connectivity index (χ2n) is 7.88. The number of hydrogen-bond donors (Lipinski definition) is 2.